The zero-order valence-corrected chi connectivity index (χ0v) is 12.8. The smallest absolute Gasteiger partial charge is 0.273 e. The topological polar surface area (TPSA) is 63.4 Å². The van der Waals surface area contributed by atoms with E-state index >= 15 is 0 Å². The molecule has 2 heterocycles. The molecule has 1 aliphatic rings. The standard InChI is InChI=1S/C14H16N2O2S2/c1-10-4-5-13-11(7-10)3-2-6-16(13)20(17,18)14-8-12(15)9-19-14/h4-5,7-9H,2-3,6,15H2,1H3. The van der Waals surface area contributed by atoms with Gasteiger partial charge in [0.25, 0.3) is 10.0 Å². The average Bonchev–Trinajstić information content (AvgIpc) is 2.85. The van der Waals surface area contributed by atoms with Crippen LogP contribution in [-0.4, -0.2) is 15.0 Å². The highest BCUT2D eigenvalue weighted by Crippen LogP contribution is 2.34. The molecule has 1 aliphatic heterocycles. The Morgan fingerprint density at radius 1 is 1.30 bits per heavy atom. The number of hydrogen-bond donors (Lipinski definition) is 1. The van der Waals surface area contributed by atoms with Gasteiger partial charge >= 0.3 is 0 Å². The molecule has 6 heteroatoms. The van der Waals surface area contributed by atoms with Gasteiger partial charge in [-0.1, -0.05) is 17.7 Å². The Balaban J connectivity index is 2.08. The Morgan fingerprint density at radius 3 is 2.80 bits per heavy atom. The quantitative estimate of drug-likeness (QED) is 0.928. The molecule has 1 aromatic heterocycles. The maximum Gasteiger partial charge on any atom is 0.273 e. The third-order valence-corrected chi connectivity index (χ3v) is 6.70. The van der Waals surface area contributed by atoms with Crippen molar-refractivity contribution in [1.82, 2.24) is 0 Å². The van der Waals surface area contributed by atoms with Crippen LogP contribution in [0.25, 0.3) is 0 Å². The Hall–Kier alpha value is -1.53. The van der Waals surface area contributed by atoms with Crippen molar-refractivity contribution in [3.05, 3.63) is 40.8 Å². The Kier molecular flexibility index (Phi) is 3.22. The number of nitrogens with zero attached hydrogens (tertiary/aromatic N) is 1. The van der Waals surface area contributed by atoms with E-state index in [0.29, 0.717) is 16.4 Å². The minimum absolute atomic E-state index is 0.309. The van der Waals surface area contributed by atoms with E-state index in [0.717, 1.165) is 29.7 Å². The predicted molar refractivity (Wildman–Crippen MR) is 82.8 cm³/mol. The number of rotatable bonds is 2. The molecule has 106 valence electrons. The molecule has 0 aliphatic carbocycles. The maximum atomic E-state index is 12.7. The normalized spacial score (nSPS) is 15.2. The lowest BCUT2D eigenvalue weighted by Crippen LogP contribution is -2.35. The van der Waals surface area contributed by atoms with E-state index in [9.17, 15) is 8.42 Å². The molecule has 0 bridgehead atoms. The van der Waals surface area contributed by atoms with Crippen LogP contribution in [0.15, 0.2) is 33.9 Å². The summed E-state index contributed by atoms with van der Waals surface area (Å²) in [6, 6.07) is 7.45. The summed E-state index contributed by atoms with van der Waals surface area (Å²) in [7, 11) is -3.50. The summed E-state index contributed by atoms with van der Waals surface area (Å²) >= 11 is 1.17. The van der Waals surface area contributed by atoms with E-state index in [1.165, 1.54) is 21.7 Å². The van der Waals surface area contributed by atoms with Gasteiger partial charge < -0.3 is 5.73 Å². The van der Waals surface area contributed by atoms with Gasteiger partial charge in [-0.2, -0.15) is 0 Å². The minimum Gasteiger partial charge on any atom is -0.398 e. The molecule has 0 fully saturated rings. The van der Waals surface area contributed by atoms with Crippen LogP contribution in [0, 0.1) is 6.92 Å². The fourth-order valence-corrected chi connectivity index (χ4v) is 5.25. The molecule has 0 amide bonds. The summed E-state index contributed by atoms with van der Waals surface area (Å²) in [5.74, 6) is 0. The monoisotopic (exact) mass is 308 g/mol. The van der Waals surface area contributed by atoms with E-state index in [2.05, 4.69) is 6.07 Å². The molecule has 0 spiro atoms. The van der Waals surface area contributed by atoms with Crippen LogP contribution in [0.1, 0.15) is 17.5 Å². The van der Waals surface area contributed by atoms with Crippen molar-refractivity contribution in [2.24, 2.45) is 0 Å². The van der Waals surface area contributed by atoms with Crippen molar-refractivity contribution in [2.45, 2.75) is 24.0 Å². The van der Waals surface area contributed by atoms with Crippen LogP contribution in [-0.2, 0) is 16.4 Å². The van der Waals surface area contributed by atoms with Crippen molar-refractivity contribution >= 4 is 32.7 Å². The molecular weight excluding hydrogens is 292 g/mol. The molecule has 0 atom stereocenters. The van der Waals surface area contributed by atoms with Crippen LogP contribution in [0.5, 0.6) is 0 Å². The van der Waals surface area contributed by atoms with E-state index in [4.69, 9.17) is 5.73 Å². The first kappa shape index (κ1) is 13.5. The Labute approximate surface area is 122 Å². The molecule has 0 unspecified atom stereocenters. The third-order valence-electron chi connectivity index (χ3n) is 3.45. The van der Waals surface area contributed by atoms with Gasteiger partial charge in [0.2, 0.25) is 0 Å². The number of fused-ring (bicyclic) bond motifs is 1. The van der Waals surface area contributed by atoms with E-state index in [1.807, 2.05) is 19.1 Å². The predicted octanol–water partition coefficient (Wildman–Crippen LogP) is 2.78. The van der Waals surface area contributed by atoms with Crippen LogP contribution in [0.3, 0.4) is 0 Å². The second kappa shape index (κ2) is 4.79. The van der Waals surface area contributed by atoms with Crippen molar-refractivity contribution < 1.29 is 8.42 Å². The van der Waals surface area contributed by atoms with Crippen LogP contribution in [0.2, 0.25) is 0 Å². The molecule has 3 rings (SSSR count). The van der Waals surface area contributed by atoms with Gasteiger partial charge in [0, 0.05) is 17.6 Å². The van der Waals surface area contributed by atoms with E-state index in [-0.39, 0.29) is 0 Å². The third kappa shape index (κ3) is 2.19. The summed E-state index contributed by atoms with van der Waals surface area (Å²) in [6.07, 6.45) is 1.77. The van der Waals surface area contributed by atoms with E-state index < -0.39 is 10.0 Å². The number of anilines is 2. The summed E-state index contributed by atoms with van der Waals surface area (Å²) in [6.45, 7) is 2.55. The van der Waals surface area contributed by atoms with E-state index in [1.54, 1.807) is 5.38 Å². The first-order valence-corrected chi connectivity index (χ1v) is 8.77. The zero-order valence-electron chi connectivity index (χ0n) is 11.2. The molecular formula is C14H16N2O2S2. The van der Waals surface area contributed by atoms with Crippen molar-refractivity contribution in [3.63, 3.8) is 0 Å². The molecule has 0 saturated heterocycles. The highest BCUT2D eigenvalue weighted by atomic mass is 32.2. The minimum atomic E-state index is -3.50. The Bertz CT molecular complexity index is 750. The van der Waals surface area contributed by atoms with Crippen LogP contribution >= 0.6 is 11.3 Å². The number of nitrogen functional groups attached to an aromatic ring is 1. The Morgan fingerprint density at radius 2 is 2.10 bits per heavy atom. The molecule has 4 nitrogen and oxygen atoms in total. The number of nitrogens with two attached hydrogens (primary N) is 1. The van der Waals surface area contributed by atoms with Gasteiger partial charge in [-0.05, 0) is 37.5 Å². The highest BCUT2D eigenvalue weighted by Gasteiger charge is 2.30. The number of aryl methyl sites for hydroxylation is 2. The molecule has 0 saturated carbocycles. The summed E-state index contributed by atoms with van der Waals surface area (Å²) < 4.78 is 27.3. The first-order valence-electron chi connectivity index (χ1n) is 6.45. The van der Waals surface area contributed by atoms with Crippen LogP contribution < -0.4 is 10.0 Å². The fourth-order valence-electron chi connectivity index (χ4n) is 2.52. The summed E-state index contributed by atoms with van der Waals surface area (Å²) in [4.78, 5) is 0. The largest absolute Gasteiger partial charge is 0.398 e. The lowest BCUT2D eigenvalue weighted by molar-refractivity contribution is 0.588. The number of thiophene rings is 1. The molecule has 20 heavy (non-hydrogen) atoms. The molecule has 2 aromatic rings. The van der Waals surface area contributed by atoms with Crippen LogP contribution in [0.4, 0.5) is 11.4 Å². The number of sulfonamides is 1. The van der Waals surface area contributed by atoms with Gasteiger partial charge in [0.15, 0.2) is 0 Å². The molecule has 2 N–H and O–H groups in total. The van der Waals surface area contributed by atoms with Gasteiger partial charge in [-0.25, -0.2) is 8.42 Å². The lowest BCUT2D eigenvalue weighted by atomic mass is 10.0. The average molecular weight is 308 g/mol. The van der Waals surface area contributed by atoms with Gasteiger partial charge in [-0.15, -0.1) is 11.3 Å². The summed E-state index contributed by atoms with van der Waals surface area (Å²) in [5.41, 5.74) is 9.20. The zero-order chi connectivity index (χ0) is 14.3. The molecule has 1 aromatic carbocycles. The fraction of sp³-hybridized carbons (Fsp3) is 0.286. The second-order valence-corrected chi connectivity index (χ2v) is 8.01. The van der Waals surface area contributed by atoms with Gasteiger partial charge in [0.1, 0.15) is 4.21 Å². The second-order valence-electron chi connectivity index (χ2n) is 5.01. The highest BCUT2D eigenvalue weighted by molar-refractivity contribution is 7.94. The number of hydrogen-bond acceptors (Lipinski definition) is 4. The van der Waals surface area contributed by atoms with Gasteiger partial charge in [-0.3, -0.25) is 4.31 Å². The molecule has 0 radical (unpaired) electrons. The number of benzene rings is 1. The van der Waals surface area contributed by atoms with Crippen molar-refractivity contribution in [2.75, 3.05) is 16.6 Å². The van der Waals surface area contributed by atoms with Crippen molar-refractivity contribution in [3.8, 4) is 0 Å². The maximum absolute atomic E-state index is 12.7. The first-order chi connectivity index (χ1) is 9.48. The van der Waals surface area contributed by atoms with Gasteiger partial charge in [0.05, 0.1) is 5.69 Å². The lowest BCUT2D eigenvalue weighted by Gasteiger charge is -2.30. The van der Waals surface area contributed by atoms with Crippen molar-refractivity contribution in [1.29, 1.82) is 0 Å². The summed E-state index contributed by atoms with van der Waals surface area (Å²) in [5, 5.41) is 1.66. The SMILES string of the molecule is Cc1ccc2c(c1)CCCN2S(=O)(=O)c1cc(N)cs1.